The topological polar surface area (TPSA) is 32.3 Å². The van der Waals surface area contributed by atoms with Crippen molar-refractivity contribution in [3.63, 3.8) is 0 Å². The first kappa shape index (κ1) is 13.8. The second kappa shape index (κ2) is 6.50. The van der Waals surface area contributed by atoms with Gasteiger partial charge in [0.25, 0.3) is 0 Å². The number of hydrogen-bond acceptors (Lipinski definition) is 3. The van der Waals surface area contributed by atoms with E-state index in [4.69, 9.17) is 5.11 Å². The zero-order valence-corrected chi connectivity index (χ0v) is 13.2. The average Bonchev–Trinajstić information content (AvgIpc) is 2.68. The molecule has 0 fully saturated rings. The van der Waals surface area contributed by atoms with Crippen molar-refractivity contribution < 1.29 is 5.11 Å². The van der Waals surface area contributed by atoms with E-state index < -0.39 is 0 Å². The lowest BCUT2D eigenvalue weighted by Crippen LogP contribution is -2.32. The summed E-state index contributed by atoms with van der Waals surface area (Å²) >= 11 is 4.37. The second-order valence-corrected chi connectivity index (χ2v) is 7.84. The lowest BCUT2D eigenvalue weighted by molar-refractivity contribution is 0.272. The van der Waals surface area contributed by atoms with Crippen LogP contribution in [-0.4, -0.2) is 17.8 Å². The van der Waals surface area contributed by atoms with Gasteiger partial charge < -0.3 is 10.4 Å². The van der Waals surface area contributed by atoms with E-state index in [0.717, 1.165) is 12.8 Å². The van der Waals surface area contributed by atoms with Gasteiger partial charge in [0.05, 0.1) is 2.88 Å². The summed E-state index contributed by atoms with van der Waals surface area (Å²) in [6, 6.07) is 3.37. The van der Waals surface area contributed by atoms with Gasteiger partial charge in [0.1, 0.15) is 0 Å². The molecule has 0 bridgehead atoms. The fraction of sp³-hybridized carbons (Fsp3) is 0.692. The maximum atomic E-state index is 8.86. The number of thiophene rings is 1. The third-order valence-corrected chi connectivity index (χ3v) is 5.34. The number of nitrogens with one attached hydrogen (secondary N) is 1. The van der Waals surface area contributed by atoms with Crippen molar-refractivity contribution in [2.45, 2.75) is 51.1 Å². The zero-order valence-electron chi connectivity index (χ0n) is 10.2. The van der Waals surface area contributed by atoms with E-state index in [9.17, 15) is 0 Å². The minimum Gasteiger partial charge on any atom is -0.396 e. The van der Waals surface area contributed by atoms with E-state index in [1.54, 1.807) is 4.88 Å². The Morgan fingerprint density at radius 3 is 3.24 bits per heavy atom. The monoisotopic (exact) mass is 365 g/mol. The minimum atomic E-state index is 0.304. The van der Waals surface area contributed by atoms with Crippen LogP contribution < -0.4 is 5.32 Å². The molecule has 2 nitrogen and oxygen atoms in total. The second-order valence-electron chi connectivity index (χ2n) is 4.81. The van der Waals surface area contributed by atoms with Crippen molar-refractivity contribution >= 4 is 33.9 Å². The van der Waals surface area contributed by atoms with Gasteiger partial charge in [-0.05, 0) is 73.2 Å². The van der Waals surface area contributed by atoms with Gasteiger partial charge in [0, 0.05) is 23.6 Å². The summed E-state index contributed by atoms with van der Waals surface area (Å²) in [5.74, 6) is 0. The summed E-state index contributed by atoms with van der Waals surface area (Å²) in [7, 11) is 0. The lowest BCUT2D eigenvalue weighted by Gasteiger charge is -2.27. The standard InChI is InChI=1S/C13H20INOS/c1-9(4-3-7-16)15-11-5-2-6-12-10(11)8-13(14)17-12/h8-9,11,15-16H,2-7H2,1H3. The van der Waals surface area contributed by atoms with Crippen molar-refractivity contribution in [3.8, 4) is 0 Å². The third kappa shape index (κ3) is 3.66. The molecule has 4 heteroatoms. The smallest absolute Gasteiger partial charge is 0.0659 e. The van der Waals surface area contributed by atoms with Crippen LogP contribution >= 0.6 is 33.9 Å². The van der Waals surface area contributed by atoms with Crippen LogP contribution in [0.1, 0.15) is 49.1 Å². The molecule has 1 aliphatic rings. The van der Waals surface area contributed by atoms with Crippen molar-refractivity contribution in [2.24, 2.45) is 0 Å². The van der Waals surface area contributed by atoms with Gasteiger partial charge in [-0.25, -0.2) is 0 Å². The van der Waals surface area contributed by atoms with E-state index in [2.05, 4.69) is 40.9 Å². The summed E-state index contributed by atoms with van der Waals surface area (Å²) in [6.07, 6.45) is 5.77. The van der Waals surface area contributed by atoms with Crippen LogP contribution in [0.15, 0.2) is 6.07 Å². The molecule has 0 saturated heterocycles. The van der Waals surface area contributed by atoms with E-state index in [1.165, 1.54) is 27.7 Å². The zero-order chi connectivity index (χ0) is 12.3. The van der Waals surface area contributed by atoms with Crippen molar-refractivity contribution in [1.29, 1.82) is 0 Å². The maximum absolute atomic E-state index is 8.86. The summed E-state index contributed by atoms with van der Waals surface area (Å²) in [5, 5.41) is 12.6. The molecule has 0 spiro atoms. The quantitative estimate of drug-likeness (QED) is 0.783. The molecule has 0 radical (unpaired) electrons. The molecule has 0 amide bonds. The van der Waals surface area contributed by atoms with E-state index in [0.29, 0.717) is 18.7 Å². The molecule has 17 heavy (non-hydrogen) atoms. The number of rotatable bonds is 5. The highest BCUT2D eigenvalue weighted by Crippen LogP contribution is 2.36. The van der Waals surface area contributed by atoms with Gasteiger partial charge in [-0.3, -0.25) is 0 Å². The van der Waals surface area contributed by atoms with Crippen molar-refractivity contribution in [2.75, 3.05) is 6.61 Å². The molecule has 0 aromatic carbocycles. The number of hydrogen-bond donors (Lipinski definition) is 2. The van der Waals surface area contributed by atoms with E-state index in [-0.39, 0.29) is 0 Å². The maximum Gasteiger partial charge on any atom is 0.0659 e. The van der Waals surface area contributed by atoms with E-state index >= 15 is 0 Å². The summed E-state index contributed by atoms with van der Waals surface area (Å²) in [5.41, 5.74) is 1.53. The Hall–Kier alpha value is 0.350. The molecule has 1 heterocycles. The minimum absolute atomic E-state index is 0.304. The van der Waals surface area contributed by atoms with Gasteiger partial charge in [-0.15, -0.1) is 11.3 Å². The Bertz CT molecular complexity index is 366. The molecule has 96 valence electrons. The van der Waals surface area contributed by atoms with Crippen LogP contribution in [-0.2, 0) is 6.42 Å². The van der Waals surface area contributed by atoms with Crippen LogP contribution in [0.2, 0.25) is 0 Å². The Morgan fingerprint density at radius 2 is 2.47 bits per heavy atom. The van der Waals surface area contributed by atoms with Crippen molar-refractivity contribution in [1.82, 2.24) is 5.32 Å². The normalized spacial score (nSPS) is 21.2. The molecule has 0 saturated carbocycles. The molecule has 2 N–H and O–H groups in total. The van der Waals surface area contributed by atoms with Gasteiger partial charge in [0.15, 0.2) is 0 Å². The average molecular weight is 365 g/mol. The number of aliphatic hydroxyl groups is 1. The molecule has 1 aromatic rings. The Kier molecular flexibility index (Phi) is 5.26. The van der Waals surface area contributed by atoms with E-state index in [1.807, 2.05) is 11.3 Å². The highest BCUT2D eigenvalue weighted by Gasteiger charge is 2.23. The van der Waals surface area contributed by atoms with Crippen molar-refractivity contribution in [3.05, 3.63) is 19.4 Å². The van der Waals surface area contributed by atoms with Gasteiger partial charge in [-0.1, -0.05) is 0 Å². The van der Waals surface area contributed by atoms with Gasteiger partial charge in [-0.2, -0.15) is 0 Å². The summed E-state index contributed by atoms with van der Waals surface area (Å²) in [4.78, 5) is 1.58. The van der Waals surface area contributed by atoms with Gasteiger partial charge >= 0.3 is 0 Å². The summed E-state index contributed by atoms with van der Waals surface area (Å²) in [6.45, 7) is 2.53. The highest BCUT2D eigenvalue weighted by molar-refractivity contribution is 14.1. The molecule has 2 rings (SSSR count). The molecule has 1 aliphatic carbocycles. The number of aliphatic hydroxyl groups excluding tert-OH is 1. The van der Waals surface area contributed by atoms with Crippen LogP contribution in [0.5, 0.6) is 0 Å². The first-order valence-electron chi connectivity index (χ1n) is 6.35. The fourth-order valence-corrected chi connectivity index (χ4v) is 4.64. The van der Waals surface area contributed by atoms with Gasteiger partial charge in [0.2, 0.25) is 0 Å². The number of aryl methyl sites for hydroxylation is 1. The fourth-order valence-electron chi connectivity index (χ4n) is 2.52. The molecule has 2 atom stereocenters. The molecule has 0 aliphatic heterocycles. The largest absolute Gasteiger partial charge is 0.396 e. The number of halogens is 1. The Balaban J connectivity index is 1.98. The first-order valence-corrected chi connectivity index (χ1v) is 8.25. The predicted molar refractivity (Wildman–Crippen MR) is 81.6 cm³/mol. The SMILES string of the molecule is CC(CCCO)NC1CCCc2sc(I)cc21. The van der Waals surface area contributed by atoms with Crippen LogP contribution in [0.25, 0.3) is 0 Å². The molecular formula is C13H20INOS. The molecular weight excluding hydrogens is 345 g/mol. The lowest BCUT2D eigenvalue weighted by atomic mass is 9.93. The predicted octanol–water partition coefficient (Wildman–Crippen LogP) is 3.48. The van der Waals surface area contributed by atoms with Crippen LogP contribution in [0.4, 0.5) is 0 Å². The third-order valence-electron chi connectivity index (χ3n) is 3.36. The molecule has 2 unspecified atom stereocenters. The Morgan fingerprint density at radius 1 is 1.65 bits per heavy atom. The number of fused-ring (bicyclic) bond motifs is 1. The summed E-state index contributed by atoms with van der Waals surface area (Å²) < 4.78 is 1.41. The Labute approximate surface area is 121 Å². The first-order chi connectivity index (χ1) is 8.20. The highest BCUT2D eigenvalue weighted by atomic mass is 127. The van der Waals surface area contributed by atoms with Crippen LogP contribution in [0, 0.1) is 2.88 Å². The van der Waals surface area contributed by atoms with Crippen LogP contribution in [0.3, 0.4) is 0 Å². The molecule has 1 aromatic heterocycles.